The number of hydrogen-bond acceptors (Lipinski definition) is 8. The molecule has 1 aliphatic rings. The molecule has 0 bridgehead atoms. The topological polar surface area (TPSA) is 86.2 Å². The van der Waals surface area contributed by atoms with Crippen LogP contribution in [0.15, 0.2) is 72.9 Å². The third-order valence-corrected chi connectivity index (χ3v) is 6.98. The lowest BCUT2D eigenvalue weighted by Crippen LogP contribution is -2.36. The van der Waals surface area contributed by atoms with Crippen LogP contribution in [0.25, 0.3) is 0 Å². The summed E-state index contributed by atoms with van der Waals surface area (Å²) in [6, 6.07) is 21.0. The molecule has 2 heterocycles. The monoisotopic (exact) mass is 554 g/mol. The lowest BCUT2D eigenvalue weighted by Gasteiger charge is -2.29. The number of methoxy groups -OCH3 is 2. The smallest absolute Gasteiger partial charge is 0.425 e. The quantitative estimate of drug-likeness (QED) is 0.267. The van der Waals surface area contributed by atoms with Gasteiger partial charge in [-0.3, -0.25) is 0 Å². The second-order valence-electron chi connectivity index (χ2n) is 9.74. The molecule has 9 nitrogen and oxygen atoms in total. The Bertz CT molecular complexity index is 1500. The lowest BCUT2D eigenvalue weighted by molar-refractivity contribution is 0.122. The number of aryl methyl sites for hydroxylation is 2. The van der Waals surface area contributed by atoms with E-state index in [9.17, 15) is 4.79 Å². The van der Waals surface area contributed by atoms with Gasteiger partial charge in [0.15, 0.2) is 0 Å². The van der Waals surface area contributed by atoms with E-state index in [1.54, 1.807) is 44.7 Å². The molecule has 1 amide bonds. The van der Waals surface area contributed by atoms with Crippen molar-refractivity contribution >= 4 is 23.3 Å². The van der Waals surface area contributed by atoms with Crippen LogP contribution in [0.3, 0.4) is 0 Å². The van der Waals surface area contributed by atoms with E-state index in [4.69, 9.17) is 23.9 Å². The van der Waals surface area contributed by atoms with E-state index in [0.29, 0.717) is 41.0 Å². The SMILES string of the molecule is COc1ccc(N(C(=O)Oc2c(C)cccc2C)c2ccnc(Cc3cccc(N4CCOCC4)c3)n2)c(OC)c1. The molecule has 41 heavy (non-hydrogen) atoms. The van der Waals surface area contributed by atoms with Gasteiger partial charge in [-0.15, -0.1) is 0 Å². The van der Waals surface area contributed by atoms with Gasteiger partial charge in [-0.05, 0) is 60.9 Å². The van der Waals surface area contributed by atoms with Gasteiger partial charge in [-0.25, -0.2) is 19.7 Å². The van der Waals surface area contributed by atoms with E-state index >= 15 is 0 Å². The second-order valence-corrected chi connectivity index (χ2v) is 9.74. The highest BCUT2D eigenvalue weighted by molar-refractivity contribution is 5.98. The lowest BCUT2D eigenvalue weighted by atomic mass is 10.1. The number of hydrogen-bond donors (Lipinski definition) is 0. The fourth-order valence-electron chi connectivity index (χ4n) is 4.84. The summed E-state index contributed by atoms with van der Waals surface area (Å²) in [7, 11) is 3.12. The largest absolute Gasteiger partial charge is 0.497 e. The Hall–Kier alpha value is -4.63. The van der Waals surface area contributed by atoms with Crippen LogP contribution in [0.4, 0.5) is 22.0 Å². The molecule has 212 valence electrons. The third-order valence-electron chi connectivity index (χ3n) is 6.98. The van der Waals surface area contributed by atoms with Gasteiger partial charge in [0, 0.05) is 37.5 Å². The predicted octanol–water partition coefficient (Wildman–Crippen LogP) is 5.88. The number of anilines is 3. The molecule has 0 radical (unpaired) electrons. The number of ether oxygens (including phenoxy) is 4. The predicted molar refractivity (Wildman–Crippen MR) is 158 cm³/mol. The molecule has 1 aromatic heterocycles. The molecule has 0 saturated carbocycles. The number of nitrogens with zero attached hydrogens (tertiary/aromatic N) is 4. The van der Waals surface area contributed by atoms with E-state index in [-0.39, 0.29) is 0 Å². The first-order chi connectivity index (χ1) is 20.0. The number of aromatic nitrogens is 2. The Morgan fingerprint density at radius 1 is 0.951 bits per heavy atom. The number of benzene rings is 3. The van der Waals surface area contributed by atoms with Crippen LogP contribution in [0.5, 0.6) is 17.2 Å². The average Bonchev–Trinajstić information content (AvgIpc) is 3.00. The summed E-state index contributed by atoms with van der Waals surface area (Å²) in [4.78, 5) is 26.9. The van der Waals surface area contributed by atoms with Crippen LogP contribution in [-0.2, 0) is 11.2 Å². The third kappa shape index (κ3) is 6.41. The van der Waals surface area contributed by atoms with Crippen molar-refractivity contribution in [1.82, 2.24) is 9.97 Å². The van der Waals surface area contributed by atoms with Crippen molar-refractivity contribution in [1.29, 1.82) is 0 Å². The molecular formula is C32H34N4O5. The molecule has 1 saturated heterocycles. The van der Waals surface area contributed by atoms with Gasteiger partial charge in [-0.1, -0.05) is 30.3 Å². The summed E-state index contributed by atoms with van der Waals surface area (Å²) >= 11 is 0. The van der Waals surface area contributed by atoms with Gasteiger partial charge in [0.25, 0.3) is 0 Å². The highest BCUT2D eigenvalue weighted by Crippen LogP contribution is 2.37. The number of carbonyl (C=O) groups is 1. The summed E-state index contributed by atoms with van der Waals surface area (Å²) in [6.45, 7) is 6.97. The molecule has 1 fully saturated rings. The number of amides is 1. The van der Waals surface area contributed by atoms with Crippen LogP contribution in [0.1, 0.15) is 22.5 Å². The van der Waals surface area contributed by atoms with Crippen LogP contribution in [0.2, 0.25) is 0 Å². The van der Waals surface area contributed by atoms with Crippen molar-refractivity contribution < 1.29 is 23.7 Å². The Morgan fingerprint density at radius 2 is 1.71 bits per heavy atom. The number of para-hydroxylation sites is 1. The minimum Gasteiger partial charge on any atom is -0.497 e. The summed E-state index contributed by atoms with van der Waals surface area (Å²) in [6.07, 6.45) is 1.52. The molecule has 0 N–H and O–H groups in total. The molecule has 3 aromatic carbocycles. The summed E-state index contributed by atoms with van der Waals surface area (Å²) in [5, 5.41) is 0. The zero-order valence-electron chi connectivity index (χ0n) is 23.8. The Balaban J connectivity index is 1.50. The van der Waals surface area contributed by atoms with Crippen LogP contribution in [0, 0.1) is 13.8 Å². The molecule has 0 atom stereocenters. The molecular weight excluding hydrogens is 520 g/mol. The fraction of sp³-hybridized carbons (Fsp3) is 0.281. The second kappa shape index (κ2) is 12.7. The Morgan fingerprint density at radius 3 is 2.44 bits per heavy atom. The number of rotatable bonds is 8. The Labute approximate surface area is 240 Å². The first-order valence-corrected chi connectivity index (χ1v) is 13.5. The Kier molecular flexibility index (Phi) is 8.64. The normalized spacial score (nSPS) is 13.0. The number of morpholine rings is 1. The maximum Gasteiger partial charge on any atom is 0.425 e. The van der Waals surface area contributed by atoms with E-state index in [1.807, 2.05) is 38.1 Å². The maximum atomic E-state index is 13.9. The summed E-state index contributed by atoms with van der Waals surface area (Å²) < 4.78 is 22.5. The highest BCUT2D eigenvalue weighted by Gasteiger charge is 2.27. The van der Waals surface area contributed by atoms with Crippen LogP contribution in [-0.4, -0.2) is 56.6 Å². The van der Waals surface area contributed by atoms with E-state index in [1.165, 1.54) is 4.90 Å². The molecule has 1 aliphatic heterocycles. The first kappa shape index (κ1) is 27.9. The molecule has 9 heteroatoms. The van der Waals surface area contributed by atoms with Gasteiger partial charge >= 0.3 is 6.09 Å². The van der Waals surface area contributed by atoms with Crippen molar-refractivity contribution in [2.75, 3.05) is 50.3 Å². The number of carbonyl (C=O) groups excluding carboxylic acids is 1. The highest BCUT2D eigenvalue weighted by atomic mass is 16.6. The van der Waals surface area contributed by atoms with Crippen molar-refractivity contribution in [2.24, 2.45) is 0 Å². The minimum atomic E-state index is -0.621. The van der Waals surface area contributed by atoms with Gasteiger partial charge in [0.2, 0.25) is 0 Å². The van der Waals surface area contributed by atoms with Crippen LogP contribution >= 0.6 is 0 Å². The molecule has 0 aliphatic carbocycles. The van der Waals surface area contributed by atoms with E-state index in [0.717, 1.165) is 48.7 Å². The van der Waals surface area contributed by atoms with Crippen molar-refractivity contribution in [3.8, 4) is 17.2 Å². The molecule has 0 unspecified atom stereocenters. The zero-order valence-corrected chi connectivity index (χ0v) is 23.8. The summed E-state index contributed by atoms with van der Waals surface area (Å²) in [5.74, 6) is 2.46. The standard InChI is InChI=1S/C32H34N4O5/c1-22-7-5-8-23(2)31(22)41-32(37)36(27-12-11-26(38-3)21-28(27)39-4)30-13-14-33-29(34-30)20-24-9-6-10-25(19-24)35-15-17-40-18-16-35/h5-14,19,21H,15-18,20H2,1-4H3. The maximum absolute atomic E-state index is 13.9. The van der Waals surface area contributed by atoms with Crippen molar-refractivity contribution in [3.63, 3.8) is 0 Å². The molecule has 5 rings (SSSR count). The zero-order chi connectivity index (χ0) is 28.8. The van der Waals surface area contributed by atoms with Crippen LogP contribution < -0.4 is 24.0 Å². The van der Waals surface area contributed by atoms with E-state index < -0.39 is 6.09 Å². The van der Waals surface area contributed by atoms with Gasteiger partial charge in [0.1, 0.15) is 28.9 Å². The molecule has 0 spiro atoms. The van der Waals surface area contributed by atoms with E-state index in [2.05, 4.69) is 28.1 Å². The minimum absolute atomic E-state index is 0.360. The van der Waals surface area contributed by atoms with Gasteiger partial charge in [-0.2, -0.15) is 0 Å². The summed E-state index contributed by atoms with van der Waals surface area (Å²) in [5.41, 5.74) is 4.37. The average molecular weight is 555 g/mol. The van der Waals surface area contributed by atoms with Crippen molar-refractivity contribution in [2.45, 2.75) is 20.3 Å². The van der Waals surface area contributed by atoms with Gasteiger partial charge in [0.05, 0.1) is 33.1 Å². The van der Waals surface area contributed by atoms with Gasteiger partial charge < -0.3 is 23.8 Å². The van der Waals surface area contributed by atoms with Crippen molar-refractivity contribution in [3.05, 3.63) is 95.4 Å². The molecule has 4 aromatic rings. The fourth-order valence-corrected chi connectivity index (χ4v) is 4.84. The first-order valence-electron chi connectivity index (χ1n) is 13.5.